The Hall–Kier alpha value is -2.27. The largest absolute Gasteiger partial charge is 0.455 e. The Morgan fingerprint density at radius 2 is 1.50 bits per heavy atom. The molecule has 0 N–H and O–H groups in total. The Bertz CT molecular complexity index is 784. The van der Waals surface area contributed by atoms with E-state index in [4.69, 9.17) is 4.74 Å². The molecule has 0 radical (unpaired) electrons. The Morgan fingerprint density at radius 1 is 0.923 bits per heavy atom. The molecule has 0 bridgehead atoms. The van der Waals surface area contributed by atoms with Crippen LogP contribution in [0.1, 0.15) is 32.1 Å². The number of carbonyl (C=O) groups excluding carboxylic acids is 2. The molecule has 0 saturated heterocycles. The van der Waals surface area contributed by atoms with Crippen molar-refractivity contribution in [1.82, 2.24) is 0 Å². The zero-order valence-electron chi connectivity index (χ0n) is 14.5. The van der Waals surface area contributed by atoms with Gasteiger partial charge in [0, 0.05) is 9.79 Å². The Kier molecular flexibility index (Phi) is 4.98. The average molecular weight is 367 g/mol. The summed E-state index contributed by atoms with van der Waals surface area (Å²) < 4.78 is 5.39. The van der Waals surface area contributed by atoms with Gasteiger partial charge in [0.05, 0.1) is 17.3 Å². The number of ether oxygens (including phenoxy) is 1. The van der Waals surface area contributed by atoms with Gasteiger partial charge in [0.15, 0.2) is 6.61 Å². The van der Waals surface area contributed by atoms with Crippen LogP contribution < -0.4 is 4.90 Å². The van der Waals surface area contributed by atoms with Crippen molar-refractivity contribution in [3.8, 4) is 0 Å². The van der Waals surface area contributed by atoms with Crippen molar-refractivity contribution in [1.29, 1.82) is 0 Å². The first-order valence-electron chi connectivity index (χ1n) is 9.09. The van der Waals surface area contributed by atoms with Crippen LogP contribution in [0.5, 0.6) is 0 Å². The molecule has 1 saturated carbocycles. The van der Waals surface area contributed by atoms with Gasteiger partial charge in [-0.05, 0) is 37.1 Å². The van der Waals surface area contributed by atoms with E-state index in [9.17, 15) is 9.59 Å². The fraction of sp³-hybridized carbons (Fsp3) is 0.333. The Morgan fingerprint density at radius 3 is 2.12 bits per heavy atom. The lowest BCUT2D eigenvalue weighted by Gasteiger charge is -2.31. The molecule has 2 aliphatic rings. The first-order valence-corrected chi connectivity index (χ1v) is 9.91. The first kappa shape index (κ1) is 17.2. The maximum absolute atomic E-state index is 13.0. The van der Waals surface area contributed by atoms with Crippen LogP contribution in [0.2, 0.25) is 0 Å². The quantitative estimate of drug-likeness (QED) is 0.721. The molecule has 4 nitrogen and oxygen atoms in total. The van der Waals surface area contributed by atoms with Crippen molar-refractivity contribution in [3.05, 3.63) is 48.5 Å². The average Bonchev–Trinajstić information content (AvgIpc) is 2.70. The molecule has 1 fully saturated rings. The van der Waals surface area contributed by atoms with Crippen LogP contribution in [0.4, 0.5) is 11.4 Å². The van der Waals surface area contributed by atoms with E-state index in [0.717, 1.165) is 46.8 Å². The van der Waals surface area contributed by atoms with E-state index in [0.29, 0.717) is 0 Å². The molecule has 5 heteroatoms. The first-order chi connectivity index (χ1) is 12.7. The lowest BCUT2D eigenvalue weighted by Crippen LogP contribution is -2.33. The van der Waals surface area contributed by atoms with Crippen molar-refractivity contribution >= 4 is 35.0 Å². The minimum absolute atomic E-state index is 0.0481. The van der Waals surface area contributed by atoms with Crippen LogP contribution in [-0.4, -0.2) is 18.5 Å². The van der Waals surface area contributed by atoms with Crippen LogP contribution in [0.25, 0.3) is 0 Å². The minimum atomic E-state index is -0.231. The summed E-state index contributed by atoms with van der Waals surface area (Å²) in [6.07, 6.45) is 5.06. The van der Waals surface area contributed by atoms with Gasteiger partial charge in [0.1, 0.15) is 0 Å². The topological polar surface area (TPSA) is 46.6 Å². The third-order valence-electron chi connectivity index (χ3n) is 4.96. The summed E-state index contributed by atoms with van der Waals surface area (Å²) in [5.41, 5.74) is 1.69. The maximum Gasteiger partial charge on any atom is 0.309 e. The fourth-order valence-electron chi connectivity index (χ4n) is 3.63. The van der Waals surface area contributed by atoms with Crippen LogP contribution in [0, 0.1) is 5.92 Å². The van der Waals surface area contributed by atoms with Crippen molar-refractivity contribution in [2.45, 2.75) is 41.9 Å². The third kappa shape index (κ3) is 3.36. The maximum atomic E-state index is 13.0. The number of hydrogen-bond donors (Lipinski definition) is 0. The number of rotatable bonds is 3. The zero-order chi connectivity index (χ0) is 17.9. The van der Waals surface area contributed by atoms with Gasteiger partial charge in [0.25, 0.3) is 5.91 Å². The lowest BCUT2D eigenvalue weighted by molar-refractivity contribution is -0.152. The minimum Gasteiger partial charge on any atom is -0.455 e. The van der Waals surface area contributed by atoms with Gasteiger partial charge >= 0.3 is 5.97 Å². The summed E-state index contributed by atoms with van der Waals surface area (Å²) in [5, 5.41) is 0. The molecule has 26 heavy (non-hydrogen) atoms. The molecular formula is C21H21NO3S. The highest BCUT2D eigenvalue weighted by Crippen LogP contribution is 2.47. The lowest BCUT2D eigenvalue weighted by atomic mass is 9.89. The van der Waals surface area contributed by atoms with Gasteiger partial charge < -0.3 is 4.74 Å². The predicted molar refractivity (Wildman–Crippen MR) is 102 cm³/mol. The molecule has 0 aromatic heterocycles. The molecular weight excluding hydrogens is 346 g/mol. The molecule has 1 heterocycles. The van der Waals surface area contributed by atoms with Gasteiger partial charge in [-0.25, -0.2) is 0 Å². The Balaban J connectivity index is 1.53. The monoisotopic (exact) mass is 367 g/mol. The molecule has 1 amide bonds. The van der Waals surface area contributed by atoms with Crippen molar-refractivity contribution in [2.24, 2.45) is 5.92 Å². The second-order valence-corrected chi connectivity index (χ2v) is 7.79. The number of fused-ring (bicyclic) bond motifs is 2. The summed E-state index contributed by atoms with van der Waals surface area (Å²) in [6.45, 7) is -0.220. The predicted octanol–water partition coefficient (Wildman–Crippen LogP) is 4.94. The number of hydrogen-bond acceptors (Lipinski definition) is 4. The number of para-hydroxylation sites is 2. The van der Waals surface area contributed by atoms with Gasteiger partial charge in [0.2, 0.25) is 0 Å². The summed E-state index contributed by atoms with van der Waals surface area (Å²) in [4.78, 5) is 29.0. The molecule has 2 aromatic rings. The van der Waals surface area contributed by atoms with Crippen LogP contribution >= 0.6 is 11.8 Å². The molecule has 0 atom stereocenters. The van der Waals surface area contributed by atoms with Crippen LogP contribution in [0.15, 0.2) is 58.3 Å². The highest BCUT2D eigenvalue weighted by Gasteiger charge is 2.29. The smallest absolute Gasteiger partial charge is 0.309 e. The van der Waals surface area contributed by atoms with E-state index in [-0.39, 0.29) is 24.4 Å². The van der Waals surface area contributed by atoms with Crippen LogP contribution in [-0.2, 0) is 14.3 Å². The molecule has 0 spiro atoms. The van der Waals surface area contributed by atoms with Gasteiger partial charge in [-0.2, -0.15) is 0 Å². The van der Waals surface area contributed by atoms with Gasteiger partial charge in [-0.3, -0.25) is 14.5 Å². The van der Waals surface area contributed by atoms with Crippen molar-refractivity contribution in [2.75, 3.05) is 11.5 Å². The van der Waals surface area contributed by atoms with Crippen molar-refractivity contribution < 1.29 is 14.3 Å². The molecule has 1 aliphatic heterocycles. The molecule has 2 aromatic carbocycles. The second-order valence-electron chi connectivity index (χ2n) is 6.71. The van der Waals surface area contributed by atoms with Gasteiger partial charge in [-0.15, -0.1) is 0 Å². The normalized spacial score (nSPS) is 16.5. The summed E-state index contributed by atoms with van der Waals surface area (Å²) in [7, 11) is 0. The second kappa shape index (κ2) is 7.54. The van der Waals surface area contributed by atoms with E-state index in [1.54, 1.807) is 16.7 Å². The highest BCUT2D eigenvalue weighted by molar-refractivity contribution is 7.99. The number of esters is 1. The van der Waals surface area contributed by atoms with E-state index >= 15 is 0 Å². The van der Waals surface area contributed by atoms with E-state index in [1.807, 2.05) is 48.5 Å². The Labute approximate surface area is 157 Å². The van der Waals surface area contributed by atoms with Gasteiger partial charge in [-0.1, -0.05) is 55.3 Å². The van der Waals surface area contributed by atoms with E-state index < -0.39 is 0 Å². The number of benzene rings is 2. The number of anilines is 2. The molecule has 0 unspecified atom stereocenters. The SMILES string of the molecule is O=C(OCC(=O)N1c2ccccc2Sc2ccccc21)C1CCCCC1. The number of nitrogens with zero attached hydrogens (tertiary/aromatic N) is 1. The molecule has 4 rings (SSSR count). The van der Waals surface area contributed by atoms with Crippen molar-refractivity contribution in [3.63, 3.8) is 0 Å². The molecule has 1 aliphatic carbocycles. The standard InChI is InChI=1S/C21H21NO3S/c23-20(14-25-21(24)15-8-2-1-3-9-15)22-16-10-4-6-12-18(16)26-19-13-7-5-11-17(19)22/h4-7,10-13,15H,1-3,8-9,14H2. The third-order valence-corrected chi connectivity index (χ3v) is 6.09. The fourth-order valence-corrected chi connectivity index (χ4v) is 4.68. The van der Waals surface area contributed by atoms with Crippen LogP contribution in [0.3, 0.4) is 0 Å². The summed E-state index contributed by atoms with van der Waals surface area (Å²) in [5.74, 6) is -0.492. The molecule has 134 valence electrons. The number of carbonyl (C=O) groups is 2. The zero-order valence-corrected chi connectivity index (χ0v) is 15.3. The number of amides is 1. The summed E-state index contributed by atoms with van der Waals surface area (Å²) in [6, 6.07) is 15.6. The van der Waals surface area contributed by atoms with E-state index in [2.05, 4.69) is 0 Å². The van der Waals surface area contributed by atoms with E-state index in [1.165, 1.54) is 6.42 Å². The highest BCUT2D eigenvalue weighted by atomic mass is 32.2. The summed E-state index contributed by atoms with van der Waals surface area (Å²) >= 11 is 1.65.